The van der Waals surface area contributed by atoms with Crippen molar-refractivity contribution < 1.29 is 4.79 Å². The van der Waals surface area contributed by atoms with Crippen molar-refractivity contribution in [3.63, 3.8) is 0 Å². The van der Waals surface area contributed by atoms with E-state index in [1.54, 1.807) is 0 Å². The molecule has 2 N–H and O–H groups in total. The molecule has 1 amide bonds. The van der Waals surface area contributed by atoms with Crippen molar-refractivity contribution in [2.24, 2.45) is 17.8 Å². The third-order valence-corrected chi connectivity index (χ3v) is 4.28. The van der Waals surface area contributed by atoms with E-state index < -0.39 is 0 Å². The Morgan fingerprint density at radius 3 is 2.89 bits per heavy atom. The lowest BCUT2D eigenvalue weighted by molar-refractivity contribution is -0.124. The summed E-state index contributed by atoms with van der Waals surface area (Å²) in [7, 11) is 0. The first kappa shape index (κ1) is 11.6. The number of H-pyrrole nitrogens is 1. The Bertz CT molecular complexity index is 408. The molecular weight excluding hydrogens is 230 g/mol. The molecule has 0 bridgehead atoms. The van der Waals surface area contributed by atoms with Crippen molar-refractivity contribution in [2.45, 2.75) is 45.1 Å². The molecule has 2 aliphatic rings. The van der Waals surface area contributed by atoms with Crippen LogP contribution in [0.5, 0.6) is 0 Å². The van der Waals surface area contributed by atoms with Crippen LogP contribution in [0.4, 0.5) is 0 Å². The van der Waals surface area contributed by atoms with Crippen LogP contribution in [0.15, 0.2) is 0 Å². The summed E-state index contributed by atoms with van der Waals surface area (Å²) < 4.78 is 0. The van der Waals surface area contributed by atoms with Gasteiger partial charge in [-0.25, -0.2) is 0 Å². The molecule has 0 spiro atoms. The molecule has 1 heterocycles. The number of aromatic amines is 1. The Balaban J connectivity index is 1.61. The highest BCUT2D eigenvalue weighted by molar-refractivity contribution is 5.82. The summed E-state index contributed by atoms with van der Waals surface area (Å²) in [5.41, 5.74) is 0. The molecule has 0 aromatic carbocycles. The van der Waals surface area contributed by atoms with Crippen molar-refractivity contribution in [2.75, 3.05) is 0 Å². The van der Waals surface area contributed by atoms with Gasteiger partial charge in [-0.1, -0.05) is 25.0 Å². The first-order chi connectivity index (χ1) is 8.81. The first-order valence-corrected chi connectivity index (χ1v) is 6.85. The maximum atomic E-state index is 12.2. The molecule has 1 aromatic heterocycles. The van der Waals surface area contributed by atoms with Crippen molar-refractivity contribution >= 4 is 5.91 Å². The van der Waals surface area contributed by atoms with E-state index in [-0.39, 0.29) is 17.9 Å². The van der Waals surface area contributed by atoms with Gasteiger partial charge in [0.05, 0.1) is 6.04 Å². The largest absolute Gasteiger partial charge is 0.346 e. The second-order valence-electron chi connectivity index (χ2n) is 5.40. The van der Waals surface area contributed by atoms with Crippen LogP contribution in [0.2, 0.25) is 0 Å². The SMILES string of the molecule is CCC[C@H](NC(=O)C1[C@H]2CCC[C@@H]12)c1nn[nH]n1. The fourth-order valence-corrected chi connectivity index (χ4v) is 3.35. The summed E-state index contributed by atoms with van der Waals surface area (Å²) in [6.45, 7) is 2.09. The van der Waals surface area contributed by atoms with E-state index >= 15 is 0 Å². The smallest absolute Gasteiger partial charge is 0.224 e. The standard InChI is InChI=1S/C12H19N5O/c1-2-4-9(11-14-16-17-15-11)13-12(18)10-7-5-3-6-8(7)10/h7-10H,2-6H2,1H3,(H,13,18)(H,14,15,16,17)/t7-,8+,9-,10?/m0/s1. The van der Waals surface area contributed by atoms with Gasteiger partial charge in [-0.15, -0.1) is 10.2 Å². The summed E-state index contributed by atoms with van der Waals surface area (Å²) in [4.78, 5) is 12.2. The van der Waals surface area contributed by atoms with Gasteiger partial charge in [0.25, 0.3) is 0 Å². The Morgan fingerprint density at radius 1 is 1.50 bits per heavy atom. The number of nitrogens with zero attached hydrogens (tertiary/aromatic N) is 3. The van der Waals surface area contributed by atoms with Crippen molar-refractivity contribution in [3.05, 3.63) is 5.82 Å². The van der Waals surface area contributed by atoms with E-state index in [0.717, 1.165) is 12.8 Å². The molecule has 6 heteroatoms. The number of rotatable bonds is 5. The second kappa shape index (κ2) is 4.66. The lowest BCUT2D eigenvalue weighted by Gasteiger charge is -2.15. The predicted molar refractivity (Wildman–Crippen MR) is 64.3 cm³/mol. The zero-order valence-electron chi connectivity index (χ0n) is 10.6. The van der Waals surface area contributed by atoms with Gasteiger partial charge >= 0.3 is 0 Å². The van der Waals surface area contributed by atoms with E-state index in [2.05, 4.69) is 32.9 Å². The van der Waals surface area contributed by atoms with Gasteiger partial charge in [-0.2, -0.15) is 5.21 Å². The van der Waals surface area contributed by atoms with Gasteiger partial charge < -0.3 is 5.32 Å². The molecule has 4 atom stereocenters. The summed E-state index contributed by atoms with van der Waals surface area (Å²) in [5.74, 6) is 2.34. The predicted octanol–water partition coefficient (Wildman–Crippen LogP) is 1.20. The summed E-state index contributed by atoms with van der Waals surface area (Å²) >= 11 is 0. The van der Waals surface area contributed by atoms with Crippen LogP contribution in [0, 0.1) is 17.8 Å². The normalized spacial score (nSPS) is 30.8. The molecule has 2 aliphatic carbocycles. The van der Waals surface area contributed by atoms with Crippen LogP contribution in [0.3, 0.4) is 0 Å². The third-order valence-electron chi connectivity index (χ3n) is 4.28. The Labute approximate surface area is 106 Å². The molecule has 2 fully saturated rings. The molecule has 2 saturated carbocycles. The highest BCUT2D eigenvalue weighted by atomic mass is 16.2. The number of hydrogen-bond donors (Lipinski definition) is 2. The third kappa shape index (κ3) is 2.00. The number of amides is 1. The first-order valence-electron chi connectivity index (χ1n) is 6.85. The van der Waals surface area contributed by atoms with Gasteiger partial charge in [0.2, 0.25) is 5.91 Å². The molecule has 0 saturated heterocycles. The van der Waals surface area contributed by atoms with Crippen LogP contribution < -0.4 is 5.32 Å². The monoisotopic (exact) mass is 249 g/mol. The molecule has 0 radical (unpaired) electrons. The molecule has 0 aliphatic heterocycles. The lowest BCUT2D eigenvalue weighted by Crippen LogP contribution is -2.31. The molecule has 18 heavy (non-hydrogen) atoms. The Kier molecular flexibility index (Phi) is 3.01. The molecule has 3 rings (SSSR count). The second-order valence-corrected chi connectivity index (χ2v) is 5.40. The quantitative estimate of drug-likeness (QED) is 0.821. The molecule has 1 unspecified atom stereocenters. The van der Waals surface area contributed by atoms with Crippen LogP contribution in [0.1, 0.15) is 50.9 Å². The van der Waals surface area contributed by atoms with E-state index in [1.165, 1.54) is 19.3 Å². The number of aromatic nitrogens is 4. The summed E-state index contributed by atoms with van der Waals surface area (Å²) in [6, 6.07) is -0.0948. The minimum atomic E-state index is -0.0948. The molecular formula is C12H19N5O. The zero-order chi connectivity index (χ0) is 12.5. The van der Waals surface area contributed by atoms with Gasteiger partial charge in [-0.3, -0.25) is 4.79 Å². The lowest BCUT2D eigenvalue weighted by atomic mass is 10.1. The van der Waals surface area contributed by atoms with E-state index in [9.17, 15) is 4.79 Å². The average Bonchev–Trinajstić information content (AvgIpc) is 2.81. The van der Waals surface area contributed by atoms with Crippen LogP contribution >= 0.6 is 0 Å². The van der Waals surface area contributed by atoms with E-state index in [0.29, 0.717) is 17.7 Å². The number of tetrazole rings is 1. The van der Waals surface area contributed by atoms with Crippen LogP contribution in [-0.2, 0) is 4.79 Å². The topological polar surface area (TPSA) is 83.6 Å². The highest BCUT2D eigenvalue weighted by Crippen LogP contribution is 2.57. The van der Waals surface area contributed by atoms with E-state index in [1.807, 2.05) is 0 Å². The molecule has 1 aromatic rings. The highest BCUT2D eigenvalue weighted by Gasteiger charge is 2.56. The van der Waals surface area contributed by atoms with Gasteiger partial charge in [0, 0.05) is 5.92 Å². The van der Waals surface area contributed by atoms with Gasteiger partial charge in [0.1, 0.15) is 0 Å². The number of fused-ring (bicyclic) bond motifs is 1. The number of carbonyl (C=O) groups excluding carboxylic acids is 1. The van der Waals surface area contributed by atoms with Gasteiger partial charge in [-0.05, 0) is 31.1 Å². The average molecular weight is 249 g/mol. The maximum absolute atomic E-state index is 12.2. The van der Waals surface area contributed by atoms with Crippen LogP contribution in [0.25, 0.3) is 0 Å². The summed E-state index contributed by atoms with van der Waals surface area (Å²) in [6.07, 6.45) is 5.58. The fourth-order valence-electron chi connectivity index (χ4n) is 3.35. The Morgan fingerprint density at radius 2 is 2.28 bits per heavy atom. The molecule has 6 nitrogen and oxygen atoms in total. The van der Waals surface area contributed by atoms with E-state index in [4.69, 9.17) is 0 Å². The van der Waals surface area contributed by atoms with Crippen molar-refractivity contribution in [1.29, 1.82) is 0 Å². The van der Waals surface area contributed by atoms with Crippen LogP contribution in [-0.4, -0.2) is 26.5 Å². The number of nitrogens with one attached hydrogen (secondary N) is 2. The fraction of sp³-hybridized carbons (Fsp3) is 0.833. The minimum Gasteiger partial charge on any atom is -0.346 e. The van der Waals surface area contributed by atoms with Crippen molar-refractivity contribution in [1.82, 2.24) is 25.9 Å². The number of carbonyl (C=O) groups is 1. The zero-order valence-corrected chi connectivity index (χ0v) is 10.6. The summed E-state index contributed by atoms with van der Waals surface area (Å²) in [5, 5.41) is 17.1. The number of hydrogen-bond acceptors (Lipinski definition) is 4. The molecule has 98 valence electrons. The minimum absolute atomic E-state index is 0.0948. The Hall–Kier alpha value is -1.46. The van der Waals surface area contributed by atoms with Crippen molar-refractivity contribution in [3.8, 4) is 0 Å². The van der Waals surface area contributed by atoms with Gasteiger partial charge in [0.15, 0.2) is 5.82 Å². The maximum Gasteiger partial charge on any atom is 0.224 e.